The van der Waals surface area contributed by atoms with Crippen LogP contribution in [0.15, 0.2) is 60.7 Å². The van der Waals surface area contributed by atoms with E-state index in [-0.39, 0.29) is 0 Å². The number of hydrogen-bond donors (Lipinski definition) is 5. The number of aromatic nitrogens is 3. The largest absolute Gasteiger partial charge is 0.364 e. The van der Waals surface area contributed by atoms with Crippen LogP contribution in [0, 0.1) is 0 Å². The second-order valence-corrected chi connectivity index (χ2v) is 5.53. The molecule has 3 aromatic rings. The first kappa shape index (κ1) is 17.4. The predicted octanol–water partition coefficient (Wildman–Crippen LogP) is 2.78. The van der Waals surface area contributed by atoms with Crippen molar-refractivity contribution in [3.8, 4) is 0 Å². The molecule has 0 fully saturated rings. The summed E-state index contributed by atoms with van der Waals surface area (Å²) in [7, 11) is 1.72. The Bertz CT molecular complexity index is 797. The summed E-state index contributed by atoms with van der Waals surface area (Å²) in [5, 5.41) is 9.52. The van der Waals surface area contributed by atoms with Gasteiger partial charge in [0.25, 0.3) is 0 Å². The van der Waals surface area contributed by atoms with E-state index in [9.17, 15) is 0 Å². The van der Waals surface area contributed by atoms with E-state index >= 15 is 0 Å². The standard InChI is InChI=1S/C17H18N8S/c1-18-17(26)25-24-16-22-14(19-12-8-4-2-5-9-12)21-15(23-16)20-13-10-6-3-7-11-13/h2-11H,1H3,(H2,18,25,26)(H3,19,20,21,22,23,24). The maximum Gasteiger partial charge on any atom is 0.248 e. The fourth-order valence-electron chi connectivity index (χ4n) is 2.02. The molecule has 0 aliphatic carbocycles. The van der Waals surface area contributed by atoms with Crippen molar-refractivity contribution in [1.82, 2.24) is 25.7 Å². The lowest BCUT2D eigenvalue weighted by atomic mass is 10.3. The van der Waals surface area contributed by atoms with Crippen LogP contribution in [0.3, 0.4) is 0 Å². The van der Waals surface area contributed by atoms with E-state index in [2.05, 4.69) is 41.8 Å². The number of nitrogens with one attached hydrogen (secondary N) is 5. The average Bonchev–Trinajstić information content (AvgIpc) is 2.67. The third kappa shape index (κ3) is 5.02. The molecule has 0 aliphatic heterocycles. The zero-order chi connectivity index (χ0) is 18.2. The van der Waals surface area contributed by atoms with Crippen molar-refractivity contribution in [2.75, 3.05) is 23.1 Å². The van der Waals surface area contributed by atoms with Gasteiger partial charge in [-0.05, 0) is 36.5 Å². The van der Waals surface area contributed by atoms with Crippen LogP contribution >= 0.6 is 12.2 Å². The van der Waals surface area contributed by atoms with Gasteiger partial charge in [0.05, 0.1) is 0 Å². The number of thiocarbonyl (C=S) groups is 1. The quantitative estimate of drug-likeness (QED) is 0.333. The molecule has 5 N–H and O–H groups in total. The molecule has 0 amide bonds. The Morgan fingerprint density at radius 1 is 0.731 bits per heavy atom. The minimum absolute atomic E-state index is 0.314. The summed E-state index contributed by atoms with van der Waals surface area (Å²) in [4.78, 5) is 13.1. The third-order valence-corrected chi connectivity index (χ3v) is 3.52. The lowest BCUT2D eigenvalue weighted by Crippen LogP contribution is -2.37. The molecule has 0 spiro atoms. The van der Waals surface area contributed by atoms with Crippen LogP contribution < -0.4 is 26.8 Å². The van der Waals surface area contributed by atoms with Gasteiger partial charge in [0.2, 0.25) is 17.8 Å². The maximum absolute atomic E-state index is 5.04. The maximum atomic E-state index is 5.04. The molecule has 0 radical (unpaired) electrons. The van der Waals surface area contributed by atoms with Gasteiger partial charge in [-0.3, -0.25) is 10.9 Å². The van der Waals surface area contributed by atoms with Crippen molar-refractivity contribution in [2.24, 2.45) is 0 Å². The van der Waals surface area contributed by atoms with E-state index in [0.29, 0.717) is 23.0 Å². The Hall–Kier alpha value is -3.46. The van der Waals surface area contributed by atoms with Crippen LogP contribution in [0.5, 0.6) is 0 Å². The lowest BCUT2D eigenvalue weighted by Gasteiger charge is -2.12. The van der Waals surface area contributed by atoms with Crippen LogP contribution in [-0.2, 0) is 0 Å². The zero-order valence-corrected chi connectivity index (χ0v) is 14.8. The Morgan fingerprint density at radius 2 is 1.19 bits per heavy atom. The highest BCUT2D eigenvalue weighted by Gasteiger charge is 2.08. The minimum atomic E-state index is 0.314. The SMILES string of the molecule is CNC(=S)NNc1nc(Nc2ccccc2)nc(Nc2ccccc2)n1. The van der Waals surface area contributed by atoms with E-state index < -0.39 is 0 Å². The second-order valence-electron chi connectivity index (χ2n) is 5.12. The molecule has 8 nitrogen and oxygen atoms in total. The monoisotopic (exact) mass is 366 g/mol. The van der Waals surface area contributed by atoms with Gasteiger partial charge in [0.15, 0.2) is 5.11 Å². The van der Waals surface area contributed by atoms with Crippen LogP contribution in [0.1, 0.15) is 0 Å². The summed E-state index contributed by atoms with van der Waals surface area (Å²) in [6.45, 7) is 0. The summed E-state index contributed by atoms with van der Waals surface area (Å²) >= 11 is 5.04. The van der Waals surface area contributed by atoms with E-state index in [1.54, 1.807) is 7.05 Å². The summed E-state index contributed by atoms with van der Waals surface area (Å²) in [6.07, 6.45) is 0. The van der Waals surface area contributed by atoms with Crippen LogP contribution in [-0.4, -0.2) is 27.1 Å². The molecule has 0 saturated heterocycles. The number of benzene rings is 2. The molecule has 1 aromatic heterocycles. The Labute approximate surface area is 156 Å². The first-order valence-electron chi connectivity index (χ1n) is 7.87. The number of anilines is 5. The molecule has 0 aliphatic rings. The van der Waals surface area contributed by atoms with Crippen molar-refractivity contribution in [2.45, 2.75) is 0 Å². The molecule has 0 saturated carbocycles. The number of hydrazine groups is 1. The number of hydrogen-bond acceptors (Lipinski definition) is 7. The van der Waals surface area contributed by atoms with E-state index in [0.717, 1.165) is 11.4 Å². The lowest BCUT2D eigenvalue weighted by molar-refractivity contribution is 0.972. The van der Waals surface area contributed by atoms with Gasteiger partial charge in [-0.15, -0.1) is 0 Å². The predicted molar refractivity (Wildman–Crippen MR) is 108 cm³/mol. The highest BCUT2D eigenvalue weighted by molar-refractivity contribution is 7.80. The highest BCUT2D eigenvalue weighted by atomic mass is 32.1. The van der Waals surface area contributed by atoms with E-state index in [1.165, 1.54) is 0 Å². The topological polar surface area (TPSA) is 98.8 Å². The van der Waals surface area contributed by atoms with Gasteiger partial charge in [0.1, 0.15) is 0 Å². The van der Waals surface area contributed by atoms with Gasteiger partial charge < -0.3 is 16.0 Å². The molecule has 1 heterocycles. The van der Waals surface area contributed by atoms with Gasteiger partial charge in [-0.2, -0.15) is 15.0 Å². The Morgan fingerprint density at radius 3 is 1.65 bits per heavy atom. The summed E-state index contributed by atoms with van der Waals surface area (Å²) < 4.78 is 0. The van der Waals surface area contributed by atoms with E-state index in [4.69, 9.17) is 12.2 Å². The number of rotatable bonds is 6. The van der Waals surface area contributed by atoms with Crippen molar-refractivity contribution in [1.29, 1.82) is 0 Å². The smallest absolute Gasteiger partial charge is 0.248 e. The molecule has 0 atom stereocenters. The molecule has 9 heteroatoms. The summed E-state index contributed by atoms with van der Waals surface area (Å²) in [6, 6.07) is 19.3. The molecule has 26 heavy (non-hydrogen) atoms. The number of para-hydroxylation sites is 2. The summed E-state index contributed by atoms with van der Waals surface area (Å²) in [5.74, 6) is 1.10. The van der Waals surface area contributed by atoms with Gasteiger partial charge >= 0.3 is 0 Å². The zero-order valence-electron chi connectivity index (χ0n) is 14.0. The van der Waals surface area contributed by atoms with Gasteiger partial charge in [-0.25, -0.2) is 0 Å². The van der Waals surface area contributed by atoms with Gasteiger partial charge in [-0.1, -0.05) is 36.4 Å². The van der Waals surface area contributed by atoms with Crippen molar-refractivity contribution in [3.63, 3.8) is 0 Å². The first-order valence-corrected chi connectivity index (χ1v) is 8.28. The molecular weight excluding hydrogens is 348 g/mol. The van der Waals surface area contributed by atoms with Gasteiger partial charge in [0, 0.05) is 18.4 Å². The van der Waals surface area contributed by atoms with E-state index in [1.807, 2.05) is 60.7 Å². The Kier molecular flexibility index (Phi) is 5.73. The van der Waals surface area contributed by atoms with Crippen LogP contribution in [0.25, 0.3) is 0 Å². The molecular formula is C17H18N8S. The fraction of sp³-hybridized carbons (Fsp3) is 0.0588. The summed E-state index contributed by atoms with van der Waals surface area (Å²) in [5.41, 5.74) is 7.38. The van der Waals surface area contributed by atoms with Crippen molar-refractivity contribution < 1.29 is 0 Å². The molecule has 0 unspecified atom stereocenters. The first-order chi connectivity index (χ1) is 12.7. The molecule has 0 bridgehead atoms. The number of nitrogens with zero attached hydrogens (tertiary/aromatic N) is 3. The normalized spacial score (nSPS) is 9.88. The van der Waals surface area contributed by atoms with Crippen molar-refractivity contribution >= 4 is 46.6 Å². The van der Waals surface area contributed by atoms with Crippen LogP contribution in [0.2, 0.25) is 0 Å². The minimum Gasteiger partial charge on any atom is -0.364 e. The third-order valence-electron chi connectivity index (χ3n) is 3.21. The fourth-order valence-corrected chi connectivity index (χ4v) is 2.07. The molecule has 3 rings (SSSR count). The highest BCUT2D eigenvalue weighted by Crippen LogP contribution is 2.18. The van der Waals surface area contributed by atoms with Crippen LogP contribution in [0.4, 0.5) is 29.2 Å². The average molecular weight is 366 g/mol. The Balaban J connectivity index is 1.84. The molecule has 132 valence electrons. The molecule has 2 aromatic carbocycles. The van der Waals surface area contributed by atoms with Crippen molar-refractivity contribution in [3.05, 3.63) is 60.7 Å². The second kappa shape index (κ2) is 8.58.